The van der Waals surface area contributed by atoms with Gasteiger partial charge < -0.3 is 20.1 Å². The van der Waals surface area contributed by atoms with Crippen molar-refractivity contribution < 1.29 is 14.3 Å². The van der Waals surface area contributed by atoms with E-state index < -0.39 is 0 Å². The summed E-state index contributed by atoms with van der Waals surface area (Å²) < 4.78 is 10.9. The monoisotopic (exact) mass is 330 g/mol. The largest absolute Gasteiger partial charge is 0.493 e. The number of methoxy groups -OCH3 is 2. The first-order valence-electron chi connectivity index (χ1n) is 8.49. The average molecular weight is 330 g/mol. The molecular formula is C19H26N2O3. The molecule has 130 valence electrons. The van der Waals surface area contributed by atoms with Crippen molar-refractivity contribution in [3.63, 3.8) is 0 Å². The van der Waals surface area contributed by atoms with Crippen LogP contribution in [0.5, 0.6) is 11.5 Å². The van der Waals surface area contributed by atoms with Crippen LogP contribution in [-0.2, 0) is 6.42 Å². The Morgan fingerprint density at radius 3 is 2.75 bits per heavy atom. The maximum absolute atomic E-state index is 13.0. The fourth-order valence-electron chi connectivity index (χ4n) is 4.13. The van der Waals surface area contributed by atoms with Crippen molar-refractivity contribution in [1.82, 2.24) is 4.90 Å². The summed E-state index contributed by atoms with van der Waals surface area (Å²) in [5.41, 5.74) is 7.73. The first-order valence-corrected chi connectivity index (χ1v) is 8.49. The van der Waals surface area contributed by atoms with Gasteiger partial charge in [-0.1, -0.05) is 6.08 Å². The van der Waals surface area contributed by atoms with E-state index in [0.29, 0.717) is 35.3 Å². The number of nitrogens with two attached hydrogens (primary N) is 1. The number of carbonyl (C=O) groups is 1. The van der Waals surface area contributed by atoms with Crippen LogP contribution in [0.25, 0.3) is 0 Å². The smallest absolute Gasteiger partial charge is 0.254 e. The van der Waals surface area contributed by atoms with Crippen molar-refractivity contribution in [2.75, 3.05) is 27.3 Å². The van der Waals surface area contributed by atoms with Crippen molar-refractivity contribution >= 4 is 5.91 Å². The highest BCUT2D eigenvalue weighted by Gasteiger charge is 2.42. The maximum Gasteiger partial charge on any atom is 0.254 e. The molecule has 1 aliphatic carbocycles. The minimum absolute atomic E-state index is 0.0443. The Morgan fingerprint density at radius 1 is 1.33 bits per heavy atom. The fourth-order valence-corrected chi connectivity index (χ4v) is 4.13. The third kappa shape index (κ3) is 2.88. The Hall–Kier alpha value is -2.01. The molecule has 3 unspecified atom stereocenters. The highest BCUT2D eigenvalue weighted by molar-refractivity contribution is 5.95. The van der Waals surface area contributed by atoms with Gasteiger partial charge in [0, 0.05) is 30.3 Å². The summed E-state index contributed by atoms with van der Waals surface area (Å²) in [5.74, 6) is 2.28. The van der Waals surface area contributed by atoms with Crippen LogP contribution in [0.1, 0.15) is 28.8 Å². The second kappa shape index (κ2) is 6.85. The number of nitrogens with zero attached hydrogens (tertiary/aromatic N) is 1. The van der Waals surface area contributed by atoms with Crippen LogP contribution in [0.15, 0.2) is 24.8 Å². The zero-order valence-electron chi connectivity index (χ0n) is 14.5. The van der Waals surface area contributed by atoms with Crippen LogP contribution >= 0.6 is 0 Å². The Labute approximate surface area is 143 Å². The van der Waals surface area contributed by atoms with E-state index in [-0.39, 0.29) is 11.9 Å². The molecular weight excluding hydrogens is 304 g/mol. The number of benzene rings is 1. The number of allylic oxidation sites excluding steroid dienone is 1. The van der Waals surface area contributed by atoms with Gasteiger partial charge in [0.15, 0.2) is 11.5 Å². The van der Waals surface area contributed by atoms with Crippen molar-refractivity contribution in [3.05, 3.63) is 35.9 Å². The van der Waals surface area contributed by atoms with E-state index in [1.54, 1.807) is 26.4 Å². The quantitative estimate of drug-likeness (QED) is 0.841. The topological polar surface area (TPSA) is 64.8 Å². The standard InChI is InChI=1S/C19H26N2O3/c1-4-5-12-8-14(9-17(23-2)18(12)24-3)19(22)21-10-13-6-7-16(20)15(13)11-21/h4,8-9,13,15-16H,1,5-7,10-11,20H2,2-3H3. The summed E-state index contributed by atoms with van der Waals surface area (Å²) in [7, 11) is 3.19. The van der Waals surface area contributed by atoms with Crippen LogP contribution in [0, 0.1) is 11.8 Å². The van der Waals surface area contributed by atoms with Crippen LogP contribution in [-0.4, -0.2) is 44.2 Å². The van der Waals surface area contributed by atoms with Gasteiger partial charge in [-0.3, -0.25) is 4.79 Å². The number of hydrogen-bond acceptors (Lipinski definition) is 4. The first-order chi connectivity index (χ1) is 11.6. The molecule has 5 heteroatoms. The molecule has 1 heterocycles. The predicted molar refractivity (Wildman–Crippen MR) is 93.5 cm³/mol. The lowest BCUT2D eigenvalue weighted by atomic mass is 9.98. The molecule has 0 spiro atoms. The normalized spacial score (nSPS) is 25.5. The van der Waals surface area contributed by atoms with E-state index in [0.717, 1.165) is 31.5 Å². The molecule has 2 aliphatic rings. The number of carbonyl (C=O) groups excluding carboxylic acids is 1. The Kier molecular flexibility index (Phi) is 4.81. The van der Waals surface area contributed by atoms with Gasteiger partial charge in [0.05, 0.1) is 14.2 Å². The van der Waals surface area contributed by atoms with Crippen molar-refractivity contribution in [2.45, 2.75) is 25.3 Å². The number of fused-ring (bicyclic) bond motifs is 1. The zero-order valence-corrected chi connectivity index (χ0v) is 14.5. The molecule has 1 aromatic carbocycles. The molecule has 1 amide bonds. The van der Waals surface area contributed by atoms with Crippen molar-refractivity contribution in [3.8, 4) is 11.5 Å². The number of rotatable bonds is 5. The van der Waals surface area contributed by atoms with E-state index in [2.05, 4.69) is 6.58 Å². The van der Waals surface area contributed by atoms with Crippen molar-refractivity contribution in [1.29, 1.82) is 0 Å². The van der Waals surface area contributed by atoms with E-state index in [9.17, 15) is 4.79 Å². The lowest BCUT2D eigenvalue weighted by molar-refractivity contribution is 0.0779. The molecule has 1 aromatic rings. The van der Waals surface area contributed by atoms with E-state index in [4.69, 9.17) is 15.2 Å². The highest BCUT2D eigenvalue weighted by atomic mass is 16.5. The van der Waals surface area contributed by atoms with Crippen LogP contribution < -0.4 is 15.2 Å². The molecule has 3 atom stereocenters. The summed E-state index contributed by atoms with van der Waals surface area (Å²) in [6, 6.07) is 3.88. The van der Waals surface area contributed by atoms with E-state index in [1.165, 1.54) is 0 Å². The molecule has 1 saturated carbocycles. The predicted octanol–water partition coefficient (Wildman–Crippen LogP) is 2.24. The fraction of sp³-hybridized carbons (Fsp3) is 0.526. The summed E-state index contributed by atoms with van der Waals surface area (Å²) in [4.78, 5) is 14.9. The molecule has 1 aliphatic heterocycles. The molecule has 0 bridgehead atoms. The second-order valence-electron chi connectivity index (χ2n) is 6.74. The van der Waals surface area contributed by atoms with Crippen molar-refractivity contribution in [2.24, 2.45) is 17.6 Å². The number of likely N-dealkylation sites (tertiary alicyclic amines) is 1. The molecule has 5 nitrogen and oxygen atoms in total. The van der Waals surface area contributed by atoms with Crippen LogP contribution in [0.2, 0.25) is 0 Å². The number of ether oxygens (including phenoxy) is 2. The second-order valence-corrected chi connectivity index (χ2v) is 6.74. The van der Waals surface area contributed by atoms with Gasteiger partial charge in [0.25, 0.3) is 5.91 Å². The zero-order chi connectivity index (χ0) is 17.3. The third-order valence-electron chi connectivity index (χ3n) is 5.37. The molecule has 0 radical (unpaired) electrons. The lowest BCUT2D eigenvalue weighted by Crippen LogP contribution is -2.33. The molecule has 1 saturated heterocycles. The number of amides is 1. The van der Waals surface area contributed by atoms with Gasteiger partial charge in [-0.2, -0.15) is 0 Å². The molecule has 2 fully saturated rings. The summed E-state index contributed by atoms with van der Waals surface area (Å²) in [6.45, 7) is 5.35. The van der Waals surface area contributed by atoms with Gasteiger partial charge in [0.1, 0.15) is 0 Å². The Bertz CT molecular complexity index is 644. The molecule has 0 aromatic heterocycles. The minimum Gasteiger partial charge on any atom is -0.493 e. The Morgan fingerprint density at radius 2 is 2.12 bits per heavy atom. The lowest BCUT2D eigenvalue weighted by Gasteiger charge is -2.20. The van der Waals surface area contributed by atoms with Gasteiger partial charge in [-0.05, 0) is 43.2 Å². The summed E-state index contributed by atoms with van der Waals surface area (Å²) >= 11 is 0. The van der Waals surface area contributed by atoms with Crippen LogP contribution in [0.4, 0.5) is 0 Å². The third-order valence-corrected chi connectivity index (χ3v) is 5.37. The maximum atomic E-state index is 13.0. The van der Waals surface area contributed by atoms with Crippen LogP contribution in [0.3, 0.4) is 0 Å². The first kappa shape index (κ1) is 16.8. The molecule has 2 N–H and O–H groups in total. The van der Waals surface area contributed by atoms with Gasteiger partial charge >= 0.3 is 0 Å². The highest BCUT2D eigenvalue weighted by Crippen LogP contribution is 2.39. The number of hydrogen-bond donors (Lipinski definition) is 1. The molecule has 24 heavy (non-hydrogen) atoms. The average Bonchev–Trinajstić information content (AvgIpc) is 3.16. The van der Waals surface area contributed by atoms with E-state index >= 15 is 0 Å². The van der Waals surface area contributed by atoms with E-state index in [1.807, 2.05) is 11.0 Å². The Balaban J connectivity index is 1.87. The summed E-state index contributed by atoms with van der Waals surface area (Å²) in [6.07, 6.45) is 4.63. The van der Waals surface area contributed by atoms with Gasteiger partial charge in [-0.15, -0.1) is 6.58 Å². The van der Waals surface area contributed by atoms with Gasteiger partial charge in [0.2, 0.25) is 0 Å². The van der Waals surface area contributed by atoms with Gasteiger partial charge in [-0.25, -0.2) is 0 Å². The SMILES string of the molecule is C=CCc1cc(C(=O)N2CC3CCC(N)C3C2)cc(OC)c1OC. The molecule has 3 rings (SSSR count). The minimum atomic E-state index is 0.0443. The summed E-state index contributed by atoms with van der Waals surface area (Å²) in [5, 5.41) is 0.